The standard InChI is InChI=1S/C15H22F3N3O2/c1-20-4-6-21(7-5-20)14-3-2-11(15(16,17)18)8-13(14)19-9-12(23)10-22/h2-3,8,12,19,22-23H,4-7,9-10H2,1H3. The molecule has 1 saturated heterocycles. The molecule has 8 heteroatoms. The summed E-state index contributed by atoms with van der Waals surface area (Å²) >= 11 is 0. The van der Waals surface area contributed by atoms with Crippen LogP contribution in [0, 0.1) is 0 Å². The van der Waals surface area contributed by atoms with Crippen molar-refractivity contribution >= 4 is 11.4 Å². The molecule has 0 bridgehead atoms. The van der Waals surface area contributed by atoms with Gasteiger partial charge in [0.1, 0.15) is 0 Å². The van der Waals surface area contributed by atoms with Gasteiger partial charge in [0, 0.05) is 32.7 Å². The minimum Gasteiger partial charge on any atom is -0.394 e. The Bertz CT molecular complexity index is 517. The molecule has 3 N–H and O–H groups in total. The molecule has 130 valence electrons. The number of aliphatic hydroxyl groups excluding tert-OH is 2. The van der Waals surface area contributed by atoms with Crippen molar-refractivity contribution in [2.24, 2.45) is 0 Å². The molecule has 1 aliphatic heterocycles. The first-order valence-corrected chi connectivity index (χ1v) is 7.49. The van der Waals surface area contributed by atoms with E-state index in [-0.39, 0.29) is 6.54 Å². The van der Waals surface area contributed by atoms with E-state index in [0.29, 0.717) is 11.4 Å². The molecule has 1 unspecified atom stereocenters. The number of aliphatic hydroxyl groups is 2. The van der Waals surface area contributed by atoms with Crippen molar-refractivity contribution < 1.29 is 23.4 Å². The van der Waals surface area contributed by atoms with Crippen molar-refractivity contribution in [2.75, 3.05) is 56.6 Å². The number of likely N-dealkylation sites (N-methyl/N-ethyl adjacent to an activating group) is 1. The van der Waals surface area contributed by atoms with Gasteiger partial charge in [-0.15, -0.1) is 0 Å². The normalized spacial score (nSPS) is 18.1. The van der Waals surface area contributed by atoms with Gasteiger partial charge >= 0.3 is 6.18 Å². The summed E-state index contributed by atoms with van der Waals surface area (Å²) in [5.41, 5.74) is 0.254. The van der Waals surface area contributed by atoms with Crippen molar-refractivity contribution in [3.63, 3.8) is 0 Å². The largest absolute Gasteiger partial charge is 0.416 e. The minimum absolute atomic E-state index is 0.0153. The summed E-state index contributed by atoms with van der Waals surface area (Å²) in [5, 5.41) is 21.1. The van der Waals surface area contributed by atoms with E-state index in [1.807, 2.05) is 11.9 Å². The van der Waals surface area contributed by atoms with Crippen LogP contribution in [0.5, 0.6) is 0 Å². The fourth-order valence-electron chi connectivity index (χ4n) is 2.47. The summed E-state index contributed by atoms with van der Waals surface area (Å²) in [4.78, 5) is 4.18. The van der Waals surface area contributed by atoms with Crippen LogP contribution in [0.25, 0.3) is 0 Å². The van der Waals surface area contributed by atoms with Crippen molar-refractivity contribution in [2.45, 2.75) is 12.3 Å². The highest BCUT2D eigenvalue weighted by Crippen LogP contribution is 2.35. The predicted molar refractivity (Wildman–Crippen MR) is 82.7 cm³/mol. The van der Waals surface area contributed by atoms with Gasteiger partial charge < -0.3 is 25.3 Å². The first kappa shape index (κ1) is 17.8. The lowest BCUT2D eigenvalue weighted by Gasteiger charge is -2.35. The van der Waals surface area contributed by atoms with Crippen LogP contribution in [0.1, 0.15) is 5.56 Å². The molecule has 1 atom stereocenters. The summed E-state index contributed by atoms with van der Waals surface area (Å²) in [5.74, 6) is 0. The Morgan fingerprint density at radius 2 is 1.87 bits per heavy atom. The van der Waals surface area contributed by atoms with E-state index in [9.17, 15) is 18.3 Å². The summed E-state index contributed by atoms with van der Waals surface area (Å²) in [6.45, 7) is 2.64. The van der Waals surface area contributed by atoms with Gasteiger partial charge in [0.2, 0.25) is 0 Å². The van der Waals surface area contributed by atoms with Crippen molar-refractivity contribution in [1.29, 1.82) is 0 Å². The smallest absolute Gasteiger partial charge is 0.394 e. The van der Waals surface area contributed by atoms with Crippen LogP contribution < -0.4 is 10.2 Å². The number of halogens is 3. The molecule has 0 saturated carbocycles. The number of nitrogens with zero attached hydrogens (tertiary/aromatic N) is 2. The summed E-state index contributed by atoms with van der Waals surface area (Å²) in [7, 11) is 2.00. The number of nitrogens with one attached hydrogen (secondary N) is 1. The SMILES string of the molecule is CN1CCN(c2ccc(C(F)(F)F)cc2NCC(O)CO)CC1. The Morgan fingerprint density at radius 3 is 2.43 bits per heavy atom. The Morgan fingerprint density at radius 1 is 1.22 bits per heavy atom. The molecule has 1 aromatic carbocycles. The third-order valence-corrected chi connectivity index (χ3v) is 3.91. The van der Waals surface area contributed by atoms with Crippen LogP contribution >= 0.6 is 0 Å². The highest BCUT2D eigenvalue weighted by atomic mass is 19.4. The second kappa shape index (κ2) is 7.37. The molecule has 1 fully saturated rings. The second-order valence-corrected chi connectivity index (χ2v) is 5.74. The molecule has 1 heterocycles. The third-order valence-electron chi connectivity index (χ3n) is 3.91. The van der Waals surface area contributed by atoms with Crippen molar-refractivity contribution in [1.82, 2.24) is 4.90 Å². The molecule has 23 heavy (non-hydrogen) atoms. The lowest BCUT2D eigenvalue weighted by atomic mass is 10.1. The van der Waals surface area contributed by atoms with Gasteiger partial charge in [0.05, 0.1) is 29.6 Å². The quantitative estimate of drug-likeness (QED) is 0.756. The molecule has 1 aliphatic rings. The molecule has 0 aliphatic carbocycles. The maximum atomic E-state index is 12.9. The average molecular weight is 333 g/mol. The zero-order chi connectivity index (χ0) is 17.0. The lowest BCUT2D eigenvalue weighted by Crippen LogP contribution is -2.44. The lowest BCUT2D eigenvalue weighted by molar-refractivity contribution is -0.137. The van der Waals surface area contributed by atoms with Crippen molar-refractivity contribution in [3.05, 3.63) is 23.8 Å². The van der Waals surface area contributed by atoms with Crippen LogP contribution in [0.4, 0.5) is 24.5 Å². The van der Waals surface area contributed by atoms with E-state index in [1.54, 1.807) is 0 Å². The highest BCUT2D eigenvalue weighted by molar-refractivity contribution is 5.71. The van der Waals surface area contributed by atoms with Gasteiger partial charge in [-0.05, 0) is 25.2 Å². The van der Waals surface area contributed by atoms with Crippen molar-refractivity contribution in [3.8, 4) is 0 Å². The first-order valence-electron chi connectivity index (χ1n) is 7.49. The molecule has 5 nitrogen and oxygen atoms in total. The van der Waals surface area contributed by atoms with Gasteiger partial charge in [-0.2, -0.15) is 13.2 Å². The molecule has 2 rings (SSSR count). The monoisotopic (exact) mass is 333 g/mol. The fourth-order valence-corrected chi connectivity index (χ4v) is 2.47. The maximum absolute atomic E-state index is 12.9. The summed E-state index contributed by atoms with van der Waals surface area (Å²) in [6, 6.07) is 3.58. The van der Waals surface area contributed by atoms with E-state index >= 15 is 0 Å². The van der Waals surface area contributed by atoms with Crippen LogP contribution in [-0.4, -0.2) is 67.6 Å². The Hall–Kier alpha value is -1.51. The summed E-state index contributed by atoms with van der Waals surface area (Å²) < 4.78 is 38.8. The molecule has 0 amide bonds. The van der Waals surface area contributed by atoms with E-state index < -0.39 is 24.5 Å². The number of benzene rings is 1. The zero-order valence-electron chi connectivity index (χ0n) is 13.0. The number of hydrogen-bond donors (Lipinski definition) is 3. The number of alkyl halides is 3. The van der Waals surface area contributed by atoms with Gasteiger partial charge in [-0.3, -0.25) is 0 Å². The van der Waals surface area contributed by atoms with Gasteiger partial charge in [-0.25, -0.2) is 0 Å². The van der Waals surface area contributed by atoms with E-state index in [2.05, 4.69) is 10.2 Å². The summed E-state index contributed by atoms with van der Waals surface area (Å²) in [6.07, 6.45) is -5.45. The number of piperazine rings is 1. The fraction of sp³-hybridized carbons (Fsp3) is 0.600. The number of anilines is 2. The van der Waals surface area contributed by atoms with E-state index in [1.165, 1.54) is 6.07 Å². The van der Waals surface area contributed by atoms with Crippen LogP contribution in [0.3, 0.4) is 0 Å². The predicted octanol–water partition coefficient (Wildman–Crippen LogP) is 1.22. The van der Waals surface area contributed by atoms with Gasteiger partial charge in [0.25, 0.3) is 0 Å². The molecule has 1 aromatic rings. The molecular weight excluding hydrogens is 311 g/mol. The highest BCUT2D eigenvalue weighted by Gasteiger charge is 2.31. The zero-order valence-corrected chi connectivity index (χ0v) is 13.0. The first-order chi connectivity index (χ1) is 10.8. The number of rotatable bonds is 5. The van der Waals surface area contributed by atoms with Crippen LogP contribution in [0.15, 0.2) is 18.2 Å². The van der Waals surface area contributed by atoms with Crippen LogP contribution in [0.2, 0.25) is 0 Å². The van der Waals surface area contributed by atoms with Gasteiger partial charge in [-0.1, -0.05) is 0 Å². The minimum atomic E-state index is -4.42. The Labute approximate surface area is 133 Å². The topological polar surface area (TPSA) is 59.0 Å². The molecule has 0 radical (unpaired) electrons. The van der Waals surface area contributed by atoms with Crippen LogP contribution in [-0.2, 0) is 6.18 Å². The Balaban J connectivity index is 2.24. The third kappa shape index (κ3) is 4.73. The molecule has 0 spiro atoms. The molecular formula is C15H22F3N3O2. The maximum Gasteiger partial charge on any atom is 0.416 e. The number of hydrogen-bond acceptors (Lipinski definition) is 5. The van der Waals surface area contributed by atoms with E-state index in [0.717, 1.165) is 38.3 Å². The Kier molecular flexibility index (Phi) is 5.72. The van der Waals surface area contributed by atoms with E-state index in [4.69, 9.17) is 5.11 Å². The average Bonchev–Trinajstić information content (AvgIpc) is 2.52. The molecule has 0 aromatic heterocycles. The van der Waals surface area contributed by atoms with Gasteiger partial charge in [0.15, 0.2) is 0 Å². The second-order valence-electron chi connectivity index (χ2n) is 5.74.